The molecule has 2 aliphatic rings. The van der Waals surface area contributed by atoms with Crippen molar-refractivity contribution in [3.05, 3.63) is 51.5 Å². The Labute approximate surface area is 217 Å². The SMILES string of the molecule is CC(=O)Oc1c(Cl)cc(C(F)(F)F)cc1CNc1ccc(C(=O)O)c(O)c1C1CC2CCC1(C)C2(C)C. The molecule has 0 heterocycles. The molecule has 2 saturated carbocycles. The van der Waals surface area contributed by atoms with Crippen molar-refractivity contribution < 1.29 is 37.7 Å². The maximum Gasteiger partial charge on any atom is 0.416 e. The maximum absolute atomic E-state index is 13.5. The molecule has 2 aromatic carbocycles. The van der Waals surface area contributed by atoms with Crippen LogP contribution in [-0.2, 0) is 17.5 Å². The minimum absolute atomic E-state index is 0.0118. The first-order valence-electron chi connectivity index (χ1n) is 12.0. The number of carboxylic acids is 1. The highest BCUT2D eigenvalue weighted by Gasteiger charge is 2.62. The van der Waals surface area contributed by atoms with E-state index < -0.39 is 23.7 Å². The van der Waals surface area contributed by atoms with Crippen molar-refractivity contribution in [1.82, 2.24) is 0 Å². The van der Waals surface area contributed by atoms with Crippen LogP contribution in [0.15, 0.2) is 24.3 Å². The number of carbonyl (C=O) groups excluding carboxylic acids is 1. The number of hydrogen-bond donors (Lipinski definition) is 3. The van der Waals surface area contributed by atoms with Gasteiger partial charge >= 0.3 is 18.1 Å². The Morgan fingerprint density at radius 2 is 1.89 bits per heavy atom. The van der Waals surface area contributed by atoms with Crippen LogP contribution in [0.25, 0.3) is 0 Å². The first-order chi connectivity index (χ1) is 17.1. The standard InChI is InChI=1S/C27H29ClF3NO5/c1-13(33)37-23-14(9-16(11-19(23)28)27(29,30)31)12-32-20-6-5-17(24(35)36)22(34)21(20)18-10-15-7-8-26(18,4)25(15,2)3/h5-6,9,11,15,18,32,34H,7-8,10,12H2,1-4H3,(H,35,36). The van der Waals surface area contributed by atoms with Crippen LogP contribution in [-0.4, -0.2) is 22.2 Å². The number of aromatic carboxylic acids is 1. The molecule has 3 N–H and O–H groups in total. The number of phenols is 1. The van der Waals surface area contributed by atoms with Gasteiger partial charge in [0, 0.05) is 30.3 Å². The molecule has 0 amide bonds. The number of carboxylic acid groups (broad SMARTS) is 1. The van der Waals surface area contributed by atoms with Gasteiger partial charge in [-0.15, -0.1) is 0 Å². The van der Waals surface area contributed by atoms with E-state index in [-0.39, 0.29) is 50.9 Å². The lowest BCUT2D eigenvalue weighted by Crippen LogP contribution is -2.31. The Morgan fingerprint density at radius 3 is 2.41 bits per heavy atom. The summed E-state index contributed by atoms with van der Waals surface area (Å²) in [5.41, 5.74) is -0.682. The van der Waals surface area contributed by atoms with Gasteiger partial charge in [-0.05, 0) is 66.2 Å². The van der Waals surface area contributed by atoms with E-state index in [1.165, 1.54) is 12.1 Å². The van der Waals surface area contributed by atoms with Crippen LogP contribution in [0.2, 0.25) is 5.02 Å². The number of aromatic hydroxyl groups is 1. The molecule has 0 saturated heterocycles. The van der Waals surface area contributed by atoms with Gasteiger partial charge in [0.2, 0.25) is 0 Å². The second kappa shape index (κ2) is 9.11. The predicted octanol–water partition coefficient (Wildman–Crippen LogP) is 7.23. The fourth-order valence-electron chi connectivity index (χ4n) is 6.32. The Bertz CT molecular complexity index is 1280. The largest absolute Gasteiger partial charge is 0.507 e. The molecule has 0 spiro atoms. The van der Waals surface area contributed by atoms with Crippen LogP contribution in [0.3, 0.4) is 0 Å². The average Bonchev–Trinajstić information content (AvgIpc) is 3.11. The summed E-state index contributed by atoms with van der Waals surface area (Å²) >= 11 is 6.06. The molecule has 10 heteroatoms. The zero-order valence-corrected chi connectivity index (χ0v) is 21.7. The fraction of sp³-hybridized carbons (Fsp3) is 0.481. The van der Waals surface area contributed by atoms with Crippen molar-refractivity contribution in [2.24, 2.45) is 16.7 Å². The maximum atomic E-state index is 13.5. The van der Waals surface area contributed by atoms with Crippen molar-refractivity contribution >= 4 is 29.2 Å². The molecule has 4 rings (SSSR count). The Balaban J connectivity index is 1.79. The highest BCUT2D eigenvalue weighted by atomic mass is 35.5. The van der Waals surface area contributed by atoms with Crippen LogP contribution in [0, 0.1) is 16.7 Å². The third kappa shape index (κ3) is 4.51. The summed E-state index contributed by atoms with van der Waals surface area (Å²) in [6, 6.07) is 4.32. The second-order valence-electron chi connectivity index (χ2n) is 10.8. The number of nitrogens with one attached hydrogen (secondary N) is 1. The van der Waals surface area contributed by atoms with Crippen molar-refractivity contribution in [1.29, 1.82) is 0 Å². The van der Waals surface area contributed by atoms with Crippen molar-refractivity contribution in [2.45, 2.75) is 65.6 Å². The summed E-state index contributed by atoms with van der Waals surface area (Å²) in [5, 5.41) is 23.5. The number of carbonyl (C=O) groups is 2. The van der Waals surface area contributed by atoms with Gasteiger partial charge in [0.15, 0.2) is 5.75 Å². The van der Waals surface area contributed by atoms with Crippen molar-refractivity contribution in [3.63, 3.8) is 0 Å². The van der Waals surface area contributed by atoms with Crippen LogP contribution in [0.5, 0.6) is 11.5 Å². The molecule has 37 heavy (non-hydrogen) atoms. The van der Waals surface area contributed by atoms with E-state index in [1.807, 2.05) is 0 Å². The van der Waals surface area contributed by atoms with Crippen molar-refractivity contribution in [2.75, 3.05) is 5.32 Å². The monoisotopic (exact) mass is 539 g/mol. The van der Waals surface area contributed by atoms with E-state index in [1.54, 1.807) is 0 Å². The van der Waals surface area contributed by atoms with Gasteiger partial charge in [0.25, 0.3) is 0 Å². The smallest absolute Gasteiger partial charge is 0.416 e. The summed E-state index contributed by atoms with van der Waals surface area (Å²) in [7, 11) is 0. The van der Waals surface area contributed by atoms with Gasteiger partial charge < -0.3 is 20.3 Å². The van der Waals surface area contributed by atoms with Gasteiger partial charge in [0.1, 0.15) is 11.3 Å². The summed E-state index contributed by atoms with van der Waals surface area (Å²) in [4.78, 5) is 23.4. The molecular weight excluding hydrogens is 511 g/mol. The molecule has 2 aromatic rings. The van der Waals surface area contributed by atoms with Crippen LogP contribution < -0.4 is 10.1 Å². The van der Waals surface area contributed by atoms with Crippen LogP contribution in [0.4, 0.5) is 18.9 Å². The van der Waals surface area contributed by atoms with Gasteiger partial charge in [-0.1, -0.05) is 32.4 Å². The number of rotatable bonds is 6. The van der Waals surface area contributed by atoms with Gasteiger partial charge in [-0.25, -0.2) is 4.79 Å². The number of fused-ring (bicyclic) bond motifs is 2. The second-order valence-corrected chi connectivity index (χ2v) is 11.2. The topological polar surface area (TPSA) is 95.9 Å². The molecule has 2 aliphatic carbocycles. The van der Waals surface area contributed by atoms with Crippen LogP contribution in [0.1, 0.15) is 79.9 Å². The highest BCUT2D eigenvalue weighted by molar-refractivity contribution is 6.32. The molecule has 2 bridgehead atoms. The number of ether oxygens (including phenoxy) is 1. The molecule has 3 atom stereocenters. The van der Waals surface area contributed by atoms with Gasteiger partial charge in [0.05, 0.1) is 10.6 Å². The highest BCUT2D eigenvalue weighted by Crippen LogP contribution is 2.72. The Morgan fingerprint density at radius 1 is 1.22 bits per heavy atom. The predicted molar refractivity (Wildman–Crippen MR) is 132 cm³/mol. The molecule has 6 nitrogen and oxygen atoms in total. The number of halogens is 4. The minimum Gasteiger partial charge on any atom is -0.507 e. The van der Waals surface area contributed by atoms with E-state index in [4.69, 9.17) is 16.3 Å². The van der Waals surface area contributed by atoms with Crippen LogP contribution >= 0.6 is 11.6 Å². The number of anilines is 1. The average molecular weight is 540 g/mol. The third-order valence-electron chi connectivity index (χ3n) is 8.75. The lowest BCUT2D eigenvalue weighted by Gasteiger charge is -2.40. The molecule has 0 aromatic heterocycles. The summed E-state index contributed by atoms with van der Waals surface area (Å²) in [5.74, 6) is -2.35. The molecule has 200 valence electrons. The molecular formula is C27H29ClF3NO5. The summed E-state index contributed by atoms with van der Waals surface area (Å²) in [6.45, 7) is 7.41. The van der Waals surface area contributed by atoms with E-state index in [2.05, 4.69) is 26.1 Å². The normalized spacial score (nSPS) is 24.2. The molecule has 0 aliphatic heterocycles. The quantitative estimate of drug-likeness (QED) is 0.265. The lowest BCUT2D eigenvalue weighted by atomic mass is 9.64. The Hall–Kier alpha value is -2.94. The summed E-state index contributed by atoms with van der Waals surface area (Å²) < 4.78 is 45.5. The van der Waals surface area contributed by atoms with E-state index in [0.717, 1.165) is 32.3 Å². The fourth-order valence-corrected chi connectivity index (χ4v) is 6.60. The van der Waals surface area contributed by atoms with E-state index in [0.29, 0.717) is 23.2 Å². The number of benzene rings is 2. The third-order valence-corrected chi connectivity index (χ3v) is 9.03. The number of hydrogen-bond acceptors (Lipinski definition) is 5. The number of esters is 1. The zero-order valence-electron chi connectivity index (χ0n) is 20.9. The first-order valence-corrected chi connectivity index (χ1v) is 12.4. The van der Waals surface area contributed by atoms with Gasteiger partial charge in [-0.2, -0.15) is 13.2 Å². The number of alkyl halides is 3. The zero-order chi connectivity index (χ0) is 27.5. The molecule has 2 fully saturated rings. The lowest BCUT2D eigenvalue weighted by molar-refractivity contribution is -0.137. The van der Waals surface area contributed by atoms with E-state index in [9.17, 15) is 33.0 Å². The van der Waals surface area contributed by atoms with Crippen molar-refractivity contribution in [3.8, 4) is 11.5 Å². The minimum atomic E-state index is -4.68. The van der Waals surface area contributed by atoms with E-state index >= 15 is 0 Å². The molecule has 3 unspecified atom stereocenters. The Kier molecular flexibility index (Phi) is 6.68. The van der Waals surface area contributed by atoms with Gasteiger partial charge in [-0.3, -0.25) is 4.79 Å². The molecule has 0 radical (unpaired) electrons. The summed E-state index contributed by atoms with van der Waals surface area (Å²) in [6.07, 6.45) is -1.98. The first kappa shape index (κ1) is 27.1.